The molecule has 5 rings (SSSR count). The summed E-state index contributed by atoms with van der Waals surface area (Å²) >= 11 is 0. The number of aliphatic hydroxyl groups is 1. The largest absolute Gasteiger partial charge is 0.530 e. The number of nitrogens with zero attached hydrogens (tertiary/aromatic N) is 5. The van der Waals surface area contributed by atoms with Gasteiger partial charge in [0.05, 0.1) is 25.2 Å². The van der Waals surface area contributed by atoms with E-state index in [0.717, 1.165) is 6.92 Å². The molecule has 5 atom stereocenters. The maximum atomic E-state index is 15.8. The molecule has 39 heavy (non-hydrogen) atoms. The second-order valence-corrected chi connectivity index (χ2v) is 10.8. The van der Waals surface area contributed by atoms with Crippen molar-refractivity contribution in [2.24, 2.45) is 0 Å². The van der Waals surface area contributed by atoms with Crippen LogP contribution in [-0.4, -0.2) is 60.1 Å². The molecule has 1 unspecified atom stereocenters. The molecule has 0 bridgehead atoms. The molecular formula is C22H27FN7O8P. The summed E-state index contributed by atoms with van der Waals surface area (Å²) in [4.78, 5) is 27.7. The molecule has 15 nitrogen and oxygen atoms in total. The molecule has 3 aromatic rings. The maximum Gasteiger partial charge on any atom is 0.530 e. The number of aliphatic hydroxyl groups excluding tert-OH is 1. The third-order valence-electron chi connectivity index (χ3n) is 6.48. The van der Waals surface area contributed by atoms with Crippen molar-refractivity contribution in [1.29, 1.82) is 0 Å². The number of alkyl halides is 1. The number of nitrogen functional groups attached to an aromatic ring is 2. The highest BCUT2D eigenvalue weighted by atomic mass is 31.2. The van der Waals surface area contributed by atoms with E-state index < -0.39 is 44.5 Å². The SMILES string of the molecule is CCC(=O)OCc1cnc(C)c2c1COP(=O)(OC[C@H]1O[C@@H](n3cnc4c(N)nc(N)nc43)[C@@](C)(F)[C@H]1O)O2. The first-order chi connectivity index (χ1) is 18.4. The maximum absolute atomic E-state index is 15.8. The second kappa shape index (κ2) is 9.95. The number of fused-ring (bicyclic) bond motifs is 2. The Labute approximate surface area is 221 Å². The Kier molecular flexibility index (Phi) is 6.93. The standard InChI is InChI=1S/C22H27FN7O8P/c1-4-14(31)34-6-11-5-26-10(2)16-12(11)7-35-39(33,38-16)36-8-13-17(32)22(3,23)20(37-13)30-9-27-15-18(24)28-21(25)29-19(15)30/h5,9,13,17,20,32H,4,6-8H2,1-3H3,(H4,24,25,28,29)/t13-,17+,20-,22+,39?/m1/s1. The van der Waals surface area contributed by atoms with Gasteiger partial charge in [0.15, 0.2) is 29.1 Å². The van der Waals surface area contributed by atoms with Gasteiger partial charge in [0.1, 0.15) is 24.3 Å². The van der Waals surface area contributed by atoms with E-state index in [1.807, 2.05) is 0 Å². The molecule has 5 N–H and O–H groups in total. The van der Waals surface area contributed by atoms with E-state index in [9.17, 15) is 14.5 Å². The number of nitrogens with two attached hydrogens (primary N) is 2. The molecule has 0 radical (unpaired) electrons. The van der Waals surface area contributed by atoms with Gasteiger partial charge in [-0.1, -0.05) is 6.92 Å². The van der Waals surface area contributed by atoms with Crippen LogP contribution in [0.15, 0.2) is 12.5 Å². The van der Waals surface area contributed by atoms with Crippen LogP contribution in [0.2, 0.25) is 0 Å². The molecule has 210 valence electrons. The number of carbonyl (C=O) groups is 1. The number of phosphoric acid groups is 1. The number of rotatable bonds is 7. The smallest absolute Gasteiger partial charge is 0.461 e. The van der Waals surface area contributed by atoms with Crippen LogP contribution in [0.25, 0.3) is 11.2 Å². The second-order valence-electron chi connectivity index (χ2n) is 9.21. The number of esters is 1. The normalized spacial score (nSPS) is 28.3. The first-order valence-electron chi connectivity index (χ1n) is 11.9. The number of aromatic nitrogens is 5. The molecule has 0 aromatic carbocycles. The van der Waals surface area contributed by atoms with Crippen LogP contribution in [0, 0.1) is 6.92 Å². The zero-order chi connectivity index (χ0) is 28.1. The van der Waals surface area contributed by atoms with Crippen LogP contribution < -0.4 is 16.0 Å². The number of imidazole rings is 1. The minimum absolute atomic E-state index is 0.00307. The monoisotopic (exact) mass is 567 g/mol. The fourth-order valence-electron chi connectivity index (χ4n) is 4.33. The van der Waals surface area contributed by atoms with Crippen LogP contribution in [-0.2, 0) is 41.1 Å². The van der Waals surface area contributed by atoms with E-state index in [1.165, 1.54) is 17.1 Å². The van der Waals surface area contributed by atoms with Gasteiger partial charge in [-0.3, -0.25) is 23.4 Å². The first-order valence-corrected chi connectivity index (χ1v) is 13.4. The van der Waals surface area contributed by atoms with Gasteiger partial charge >= 0.3 is 13.8 Å². The van der Waals surface area contributed by atoms with Crippen LogP contribution in [0.5, 0.6) is 5.75 Å². The molecule has 3 aromatic heterocycles. The Morgan fingerprint density at radius 2 is 2.13 bits per heavy atom. The highest BCUT2D eigenvalue weighted by molar-refractivity contribution is 7.49. The number of aryl methyl sites for hydroxylation is 1. The molecule has 5 heterocycles. The lowest BCUT2D eigenvalue weighted by atomic mass is 9.98. The van der Waals surface area contributed by atoms with Gasteiger partial charge in [0.25, 0.3) is 0 Å². The third-order valence-corrected chi connectivity index (χ3v) is 7.80. The summed E-state index contributed by atoms with van der Waals surface area (Å²) in [6.45, 7) is 3.64. The molecule has 1 saturated heterocycles. The van der Waals surface area contributed by atoms with Crippen molar-refractivity contribution in [3.05, 3.63) is 29.3 Å². The van der Waals surface area contributed by atoms with Crippen molar-refractivity contribution in [2.75, 3.05) is 18.1 Å². The van der Waals surface area contributed by atoms with Crippen molar-refractivity contribution in [1.82, 2.24) is 24.5 Å². The van der Waals surface area contributed by atoms with Crippen molar-refractivity contribution in [3.8, 4) is 5.75 Å². The average molecular weight is 567 g/mol. The lowest BCUT2D eigenvalue weighted by Crippen LogP contribution is -2.40. The lowest BCUT2D eigenvalue weighted by molar-refractivity contribution is -0.144. The predicted molar refractivity (Wildman–Crippen MR) is 132 cm³/mol. The van der Waals surface area contributed by atoms with Crippen LogP contribution in [0.4, 0.5) is 16.2 Å². The topological polar surface area (TPSA) is 209 Å². The predicted octanol–water partition coefficient (Wildman–Crippen LogP) is 1.87. The first kappa shape index (κ1) is 27.1. The lowest BCUT2D eigenvalue weighted by Gasteiger charge is -2.28. The number of pyridine rings is 1. The highest BCUT2D eigenvalue weighted by Gasteiger charge is 2.56. The molecule has 17 heteroatoms. The minimum Gasteiger partial charge on any atom is -0.461 e. The van der Waals surface area contributed by atoms with E-state index in [4.69, 9.17) is 34.5 Å². The molecule has 2 aliphatic heterocycles. The Hall–Kier alpha value is -3.43. The van der Waals surface area contributed by atoms with Crippen LogP contribution >= 0.6 is 7.82 Å². The molecule has 0 saturated carbocycles. The number of halogens is 1. The quantitative estimate of drug-likeness (QED) is 0.275. The van der Waals surface area contributed by atoms with E-state index in [2.05, 4.69) is 19.9 Å². The van der Waals surface area contributed by atoms with Gasteiger partial charge in [0, 0.05) is 23.7 Å². The molecule has 0 spiro atoms. The number of anilines is 2. The molecule has 0 aliphatic carbocycles. The van der Waals surface area contributed by atoms with Gasteiger partial charge in [0.2, 0.25) is 5.95 Å². The van der Waals surface area contributed by atoms with E-state index in [1.54, 1.807) is 13.8 Å². The fraction of sp³-hybridized carbons (Fsp3) is 0.500. The number of phosphoric ester groups is 1. The van der Waals surface area contributed by atoms with Crippen molar-refractivity contribution in [3.63, 3.8) is 0 Å². The van der Waals surface area contributed by atoms with E-state index in [-0.39, 0.29) is 48.3 Å². The Balaban J connectivity index is 1.32. The van der Waals surface area contributed by atoms with Gasteiger partial charge < -0.3 is 30.6 Å². The summed E-state index contributed by atoms with van der Waals surface area (Å²) in [5.74, 6) is -0.387. The molecular weight excluding hydrogens is 540 g/mol. The number of carbonyl (C=O) groups excluding carboxylic acids is 1. The van der Waals surface area contributed by atoms with E-state index >= 15 is 4.39 Å². The molecule has 2 aliphatic rings. The minimum atomic E-state index is -4.22. The Bertz CT molecular complexity index is 1480. The number of hydrogen-bond donors (Lipinski definition) is 3. The van der Waals surface area contributed by atoms with Gasteiger partial charge in [-0.25, -0.2) is 13.9 Å². The average Bonchev–Trinajstić information content (AvgIpc) is 3.40. The van der Waals surface area contributed by atoms with Crippen molar-refractivity contribution < 1.29 is 41.9 Å². The third kappa shape index (κ3) is 4.89. The summed E-state index contributed by atoms with van der Waals surface area (Å²) in [6, 6.07) is 0. The van der Waals surface area contributed by atoms with Crippen LogP contribution in [0.1, 0.15) is 43.3 Å². The van der Waals surface area contributed by atoms with E-state index in [0.29, 0.717) is 16.8 Å². The molecule has 1 fully saturated rings. The molecule has 0 amide bonds. The summed E-state index contributed by atoms with van der Waals surface area (Å²) in [5, 5.41) is 10.7. The summed E-state index contributed by atoms with van der Waals surface area (Å²) < 4.78 is 57.6. The Morgan fingerprint density at radius 1 is 1.36 bits per heavy atom. The number of ether oxygens (including phenoxy) is 2. The number of hydrogen-bond acceptors (Lipinski definition) is 14. The highest BCUT2D eigenvalue weighted by Crippen LogP contribution is 2.56. The van der Waals surface area contributed by atoms with Crippen molar-refractivity contribution in [2.45, 2.75) is 64.5 Å². The van der Waals surface area contributed by atoms with Crippen molar-refractivity contribution >= 4 is 36.7 Å². The summed E-state index contributed by atoms with van der Waals surface area (Å²) in [5.41, 5.74) is 10.9. The summed E-state index contributed by atoms with van der Waals surface area (Å²) in [7, 11) is -4.22. The van der Waals surface area contributed by atoms with Gasteiger partial charge in [-0.05, 0) is 13.8 Å². The Morgan fingerprint density at radius 3 is 2.87 bits per heavy atom. The van der Waals surface area contributed by atoms with Crippen LogP contribution in [0.3, 0.4) is 0 Å². The fourth-order valence-corrected chi connectivity index (χ4v) is 5.59. The zero-order valence-corrected chi connectivity index (χ0v) is 22.1. The van der Waals surface area contributed by atoms with Gasteiger partial charge in [-0.15, -0.1) is 0 Å². The zero-order valence-electron chi connectivity index (χ0n) is 21.2. The van der Waals surface area contributed by atoms with Gasteiger partial charge in [-0.2, -0.15) is 9.97 Å². The summed E-state index contributed by atoms with van der Waals surface area (Å²) in [6.07, 6.45) is -1.43.